The summed E-state index contributed by atoms with van der Waals surface area (Å²) >= 11 is 13.3. The molecule has 1 rings (SSSR count). The topological polar surface area (TPSA) is 0 Å². The molecule has 0 saturated heterocycles. The van der Waals surface area contributed by atoms with Gasteiger partial charge in [0.05, 0.1) is 0 Å². The average Bonchev–Trinajstić information content (AvgIpc) is 2.28. The Morgan fingerprint density at radius 3 is 2.44 bits per heavy atom. The van der Waals surface area contributed by atoms with Crippen LogP contribution in [-0.4, -0.2) is 10.7 Å². The summed E-state index contributed by atoms with van der Waals surface area (Å²) in [6, 6.07) is 8.17. The number of hydrogen-bond donors (Lipinski definition) is 0. The van der Waals surface area contributed by atoms with Gasteiger partial charge in [-0.25, -0.2) is 0 Å². The zero-order valence-electron chi connectivity index (χ0n) is 9.48. The lowest BCUT2D eigenvalue weighted by Crippen LogP contribution is -2.27. The van der Waals surface area contributed by atoms with Crippen LogP contribution in [0.15, 0.2) is 24.3 Å². The second-order valence-corrected chi connectivity index (χ2v) is 5.88. The Labute approximate surface area is 120 Å². The fraction of sp³-hybridized carbons (Fsp3) is 0.538. The lowest BCUT2D eigenvalue weighted by molar-refractivity contribution is 0.352. The highest BCUT2D eigenvalue weighted by Gasteiger charge is 2.27. The number of benzene rings is 1. The van der Waals surface area contributed by atoms with Gasteiger partial charge in [0.25, 0.3) is 0 Å². The minimum atomic E-state index is 0.305. The molecular formula is C13H17Br2Cl. The molecule has 0 amide bonds. The van der Waals surface area contributed by atoms with Gasteiger partial charge in [-0.15, -0.1) is 0 Å². The van der Waals surface area contributed by atoms with Gasteiger partial charge in [0.1, 0.15) is 0 Å². The van der Waals surface area contributed by atoms with Crippen LogP contribution < -0.4 is 0 Å². The second-order valence-electron chi connectivity index (χ2n) is 4.32. The zero-order chi connectivity index (χ0) is 12.0. The van der Waals surface area contributed by atoms with E-state index in [1.807, 2.05) is 12.1 Å². The summed E-state index contributed by atoms with van der Waals surface area (Å²) in [5.74, 6) is 0. The van der Waals surface area contributed by atoms with Crippen molar-refractivity contribution in [3.8, 4) is 0 Å². The molecular weight excluding hydrogens is 351 g/mol. The van der Waals surface area contributed by atoms with E-state index in [9.17, 15) is 0 Å². The minimum absolute atomic E-state index is 0.305. The maximum atomic E-state index is 6.01. The smallest absolute Gasteiger partial charge is 0.0408 e. The predicted molar refractivity (Wildman–Crippen MR) is 80.1 cm³/mol. The standard InChI is InChI=1S/C13H17Br2Cl/c1-2-6-13(9-14,10-15)8-11-4-3-5-12(16)7-11/h3-5,7H,2,6,8-10H2,1H3. The van der Waals surface area contributed by atoms with Crippen molar-refractivity contribution in [1.29, 1.82) is 0 Å². The van der Waals surface area contributed by atoms with Crippen LogP contribution in [0.5, 0.6) is 0 Å². The largest absolute Gasteiger partial charge is 0.0922 e. The molecule has 0 fully saturated rings. The van der Waals surface area contributed by atoms with E-state index >= 15 is 0 Å². The van der Waals surface area contributed by atoms with Gasteiger partial charge in [-0.2, -0.15) is 0 Å². The highest BCUT2D eigenvalue weighted by Crippen LogP contribution is 2.33. The molecule has 0 atom stereocenters. The van der Waals surface area contributed by atoms with Crippen molar-refractivity contribution in [2.75, 3.05) is 10.7 Å². The summed E-state index contributed by atoms with van der Waals surface area (Å²) in [5, 5.41) is 2.86. The van der Waals surface area contributed by atoms with Crippen LogP contribution in [0, 0.1) is 5.41 Å². The lowest BCUT2D eigenvalue weighted by Gasteiger charge is -2.30. The Morgan fingerprint density at radius 1 is 1.25 bits per heavy atom. The van der Waals surface area contributed by atoms with Gasteiger partial charge < -0.3 is 0 Å². The van der Waals surface area contributed by atoms with Gasteiger partial charge >= 0.3 is 0 Å². The molecule has 3 heteroatoms. The summed E-state index contributed by atoms with van der Waals surface area (Å²) in [6.45, 7) is 2.23. The molecule has 0 aromatic heterocycles. The number of halogens is 3. The maximum absolute atomic E-state index is 6.01. The Bertz CT molecular complexity index is 321. The molecule has 0 aliphatic heterocycles. The van der Waals surface area contributed by atoms with E-state index in [-0.39, 0.29) is 0 Å². The van der Waals surface area contributed by atoms with Crippen molar-refractivity contribution in [3.05, 3.63) is 34.9 Å². The van der Waals surface area contributed by atoms with E-state index < -0.39 is 0 Å². The molecule has 0 nitrogen and oxygen atoms in total. The first-order valence-electron chi connectivity index (χ1n) is 5.52. The van der Waals surface area contributed by atoms with Crippen LogP contribution in [0.2, 0.25) is 5.02 Å². The summed E-state index contributed by atoms with van der Waals surface area (Å²) in [5.41, 5.74) is 1.62. The molecule has 0 unspecified atom stereocenters. The zero-order valence-corrected chi connectivity index (χ0v) is 13.4. The van der Waals surface area contributed by atoms with Crippen molar-refractivity contribution in [3.63, 3.8) is 0 Å². The summed E-state index contributed by atoms with van der Waals surface area (Å²) in [7, 11) is 0. The second kappa shape index (κ2) is 7.03. The van der Waals surface area contributed by atoms with Crippen molar-refractivity contribution in [1.82, 2.24) is 0 Å². The third kappa shape index (κ3) is 4.05. The Kier molecular flexibility index (Phi) is 6.38. The minimum Gasteiger partial charge on any atom is -0.0922 e. The number of hydrogen-bond acceptors (Lipinski definition) is 0. The molecule has 0 N–H and O–H groups in total. The number of alkyl halides is 2. The molecule has 16 heavy (non-hydrogen) atoms. The van der Waals surface area contributed by atoms with Gasteiger partial charge in [-0.3, -0.25) is 0 Å². The quantitative estimate of drug-likeness (QED) is 0.585. The Morgan fingerprint density at radius 2 is 1.94 bits per heavy atom. The van der Waals surface area contributed by atoms with E-state index in [0.29, 0.717) is 5.41 Å². The van der Waals surface area contributed by atoms with Crippen LogP contribution >= 0.6 is 43.5 Å². The lowest BCUT2D eigenvalue weighted by atomic mass is 9.82. The SMILES string of the molecule is CCCC(CBr)(CBr)Cc1cccc(Cl)c1. The van der Waals surface area contributed by atoms with Gasteiger partial charge in [0.2, 0.25) is 0 Å². The van der Waals surface area contributed by atoms with E-state index in [4.69, 9.17) is 11.6 Å². The molecule has 0 saturated carbocycles. The van der Waals surface area contributed by atoms with Gasteiger partial charge in [-0.05, 0) is 36.0 Å². The Hall–Kier alpha value is 0.470. The first kappa shape index (κ1) is 14.5. The average molecular weight is 369 g/mol. The first-order chi connectivity index (χ1) is 7.65. The van der Waals surface area contributed by atoms with Crippen molar-refractivity contribution in [2.45, 2.75) is 26.2 Å². The summed E-state index contributed by atoms with van der Waals surface area (Å²) < 4.78 is 0. The third-order valence-electron chi connectivity index (χ3n) is 2.82. The van der Waals surface area contributed by atoms with Crippen molar-refractivity contribution < 1.29 is 0 Å². The van der Waals surface area contributed by atoms with E-state index in [1.165, 1.54) is 18.4 Å². The predicted octanol–water partition coefficient (Wildman–Crippen LogP) is 5.46. The van der Waals surface area contributed by atoms with Crippen LogP contribution in [0.4, 0.5) is 0 Å². The van der Waals surface area contributed by atoms with Gasteiger partial charge in [0.15, 0.2) is 0 Å². The van der Waals surface area contributed by atoms with Gasteiger partial charge in [-0.1, -0.05) is 68.9 Å². The molecule has 0 aliphatic carbocycles. The molecule has 0 radical (unpaired) electrons. The molecule has 90 valence electrons. The molecule has 0 bridgehead atoms. The monoisotopic (exact) mass is 366 g/mol. The van der Waals surface area contributed by atoms with Crippen LogP contribution in [0.25, 0.3) is 0 Å². The van der Waals surface area contributed by atoms with Crippen LogP contribution in [0.3, 0.4) is 0 Å². The Balaban J connectivity index is 2.82. The molecule has 1 aromatic carbocycles. The fourth-order valence-corrected chi connectivity index (χ4v) is 4.06. The maximum Gasteiger partial charge on any atom is 0.0408 e. The van der Waals surface area contributed by atoms with Crippen LogP contribution in [-0.2, 0) is 6.42 Å². The molecule has 0 aliphatic rings. The van der Waals surface area contributed by atoms with E-state index in [0.717, 1.165) is 22.1 Å². The third-order valence-corrected chi connectivity index (χ3v) is 5.43. The highest BCUT2D eigenvalue weighted by molar-refractivity contribution is 9.09. The fourth-order valence-electron chi connectivity index (χ4n) is 1.96. The van der Waals surface area contributed by atoms with Crippen molar-refractivity contribution in [2.24, 2.45) is 5.41 Å². The molecule has 0 heterocycles. The highest BCUT2D eigenvalue weighted by atomic mass is 79.9. The van der Waals surface area contributed by atoms with Crippen LogP contribution in [0.1, 0.15) is 25.3 Å². The first-order valence-corrected chi connectivity index (χ1v) is 8.14. The summed E-state index contributed by atoms with van der Waals surface area (Å²) in [4.78, 5) is 0. The normalized spacial score (nSPS) is 11.8. The van der Waals surface area contributed by atoms with Gasteiger partial charge in [0, 0.05) is 15.7 Å². The van der Waals surface area contributed by atoms with Crippen molar-refractivity contribution >= 4 is 43.5 Å². The number of rotatable bonds is 6. The van der Waals surface area contributed by atoms with E-state index in [1.54, 1.807) is 0 Å². The summed E-state index contributed by atoms with van der Waals surface area (Å²) in [6.07, 6.45) is 3.49. The van der Waals surface area contributed by atoms with E-state index in [2.05, 4.69) is 50.9 Å². The molecule has 0 spiro atoms. The molecule has 1 aromatic rings.